The molecule has 0 bridgehead atoms. The number of nitrogens with zero attached hydrogens (tertiary/aromatic N) is 1. The molecule has 2 heterocycles. The number of hydrogen-bond donors (Lipinski definition) is 1. The predicted molar refractivity (Wildman–Crippen MR) is 61.7 cm³/mol. The molecular formula is C12H13ClN2. The van der Waals surface area contributed by atoms with Gasteiger partial charge in [0.25, 0.3) is 0 Å². The molecule has 0 radical (unpaired) electrons. The fraction of sp³-hybridized carbons (Fsp3) is 0.417. The van der Waals surface area contributed by atoms with Gasteiger partial charge in [-0.1, -0.05) is 17.7 Å². The van der Waals surface area contributed by atoms with Crippen LogP contribution in [0.15, 0.2) is 24.5 Å². The second-order valence-electron chi connectivity index (χ2n) is 4.31. The van der Waals surface area contributed by atoms with Gasteiger partial charge in [0.15, 0.2) is 0 Å². The van der Waals surface area contributed by atoms with Gasteiger partial charge in [0.1, 0.15) is 0 Å². The van der Waals surface area contributed by atoms with Gasteiger partial charge in [-0.25, -0.2) is 0 Å². The molecule has 2 atom stereocenters. The van der Waals surface area contributed by atoms with Gasteiger partial charge in [0.2, 0.25) is 0 Å². The summed E-state index contributed by atoms with van der Waals surface area (Å²) >= 11 is 5.96. The van der Waals surface area contributed by atoms with E-state index < -0.39 is 0 Å². The number of hydrogen-bond acceptors (Lipinski definition) is 2. The van der Waals surface area contributed by atoms with Crippen molar-refractivity contribution < 1.29 is 0 Å². The first kappa shape index (κ1) is 9.37. The Hall–Kier alpha value is -0.860. The monoisotopic (exact) mass is 220 g/mol. The molecule has 1 saturated heterocycles. The van der Waals surface area contributed by atoms with E-state index in [-0.39, 0.29) is 0 Å². The lowest BCUT2D eigenvalue weighted by molar-refractivity contribution is 0.542. The van der Waals surface area contributed by atoms with Crippen molar-refractivity contribution >= 4 is 17.2 Å². The highest BCUT2D eigenvalue weighted by Crippen LogP contribution is 2.40. The van der Waals surface area contributed by atoms with Crippen LogP contribution in [0.5, 0.6) is 0 Å². The molecule has 1 aliphatic heterocycles. The van der Waals surface area contributed by atoms with E-state index in [1.165, 1.54) is 17.6 Å². The molecule has 3 heteroatoms. The molecule has 2 unspecified atom stereocenters. The molecule has 3 rings (SSSR count). The Morgan fingerprint density at radius 3 is 3.13 bits per heavy atom. The molecule has 0 aromatic carbocycles. The summed E-state index contributed by atoms with van der Waals surface area (Å²) in [5, 5.41) is 4.17. The van der Waals surface area contributed by atoms with Gasteiger partial charge >= 0.3 is 0 Å². The summed E-state index contributed by atoms with van der Waals surface area (Å²) in [5.74, 6) is 1.46. The number of allylic oxidation sites excluding steroid dienone is 1. The molecule has 0 saturated carbocycles. The quantitative estimate of drug-likeness (QED) is 0.786. The maximum Gasteiger partial charge on any atom is 0.0595 e. The van der Waals surface area contributed by atoms with Crippen molar-refractivity contribution in [1.82, 2.24) is 10.3 Å². The van der Waals surface area contributed by atoms with Crippen molar-refractivity contribution in [1.29, 1.82) is 0 Å². The first-order chi connectivity index (χ1) is 7.34. The topological polar surface area (TPSA) is 24.9 Å². The van der Waals surface area contributed by atoms with Crippen LogP contribution in [-0.4, -0.2) is 18.1 Å². The molecule has 1 aliphatic carbocycles. The lowest BCUT2D eigenvalue weighted by Crippen LogP contribution is -2.10. The van der Waals surface area contributed by atoms with E-state index in [1.54, 1.807) is 6.20 Å². The van der Waals surface area contributed by atoms with Crippen molar-refractivity contribution in [3.05, 3.63) is 35.1 Å². The van der Waals surface area contributed by atoms with E-state index in [9.17, 15) is 0 Å². The lowest BCUT2D eigenvalue weighted by atomic mass is 9.91. The molecule has 0 amide bonds. The molecule has 78 valence electrons. The van der Waals surface area contributed by atoms with Crippen LogP contribution in [-0.2, 0) is 0 Å². The first-order valence-corrected chi connectivity index (χ1v) is 5.74. The van der Waals surface area contributed by atoms with Crippen LogP contribution in [0.4, 0.5) is 0 Å². The standard InChI is InChI=1S/C12H13ClN2/c13-10-3-9(5-14-6-10)11-2-1-8-4-15-7-12(8)11/h2-3,5-6,8,12,15H,1,4,7H2. The van der Waals surface area contributed by atoms with Crippen LogP contribution in [0.25, 0.3) is 5.57 Å². The summed E-state index contributed by atoms with van der Waals surface area (Å²) in [6.07, 6.45) is 7.15. The van der Waals surface area contributed by atoms with Gasteiger partial charge in [-0.3, -0.25) is 4.98 Å². The average Bonchev–Trinajstić information content (AvgIpc) is 2.77. The minimum Gasteiger partial charge on any atom is -0.316 e. The molecule has 1 N–H and O–H groups in total. The smallest absolute Gasteiger partial charge is 0.0595 e. The summed E-state index contributed by atoms with van der Waals surface area (Å²) < 4.78 is 0. The summed E-state index contributed by atoms with van der Waals surface area (Å²) in [6.45, 7) is 2.25. The number of halogens is 1. The van der Waals surface area contributed by atoms with E-state index >= 15 is 0 Å². The molecule has 1 aromatic heterocycles. The molecule has 1 aromatic rings. The van der Waals surface area contributed by atoms with Gasteiger partial charge < -0.3 is 5.32 Å². The molecule has 0 spiro atoms. The molecule has 15 heavy (non-hydrogen) atoms. The summed E-state index contributed by atoms with van der Waals surface area (Å²) in [4.78, 5) is 4.15. The number of pyridine rings is 1. The van der Waals surface area contributed by atoms with Crippen LogP contribution in [0.2, 0.25) is 5.02 Å². The molecular weight excluding hydrogens is 208 g/mol. The fourth-order valence-corrected chi connectivity index (χ4v) is 2.85. The Kier molecular flexibility index (Phi) is 2.26. The van der Waals surface area contributed by atoms with Crippen molar-refractivity contribution in [2.75, 3.05) is 13.1 Å². The highest BCUT2D eigenvalue weighted by atomic mass is 35.5. The van der Waals surface area contributed by atoms with Gasteiger partial charge in [0.05, 0.1) is 5.02 Å². The van der Waals surface area contributed by atoms with Crippen LogP contribution < -0.4 is 5.32 Å². The summed E-state index contributed by atoms with van der Waals surface area (Å²) in [5.41, 5.74) is 2.62. The zero-order chi connectivity index (χ0) is 10.3. The zero-order valence-electron chi connectivity index (χ0n) is 8.41. The summed E-state index contributed by atoms with van der Waals surface area (Å²) in [7, 11) is 0. The van der Waals surface area contributed by atoms with E-state index in [0.717, 1.165) is 24.0 Å². The number of rotatable bonds is 1. The Labute approximate surface area is 94.4 Å². The predicted octanol–water partition coefficient (Wildman–Crippen LogP) is 2.36. The zero-order valence-corrected chi connectivity index (χ0v) is 9.17. The number of nitrogens with one attached hydrogen (secondary N) is 1. The second-order valence-corrected chi connectivity index (χ2v) is 4.75. The minimum atomic E-state index is 0.672. The fourth-order valence-electron chi connectivity index (χ4n) is 2.68. The van der Waals surface area contributed by atoms with Crippen molar-refractivity contribution in [3.8, 4) is 0 Å². The maximum absolute atomic E-state index is 5.96. The van der Waals surface area contributed by atoms with Gasteiger partial charge in [-0.2, -0.15) is 0 Å². The Bertz CT molecular complexity index is 414. The third-order valence-corrected chi connectivity index (χ3v) is 3.62. The third kappa shape index (κ3) is 1.58. The van der Waals surface area contributed by atoms with Crippen molar-refractivity contribution in [2.24, 2.45) is 11.8 Å². The third-order valence-electron chi connectivity index (χ3n) is 3.42. The van der Waals surface area contributed by atoms with Crippen molar-refractivity contribution in [3.63, 3.8) is 0 Å². The van der Waals surface area contributed by atoms with Crippen LogP contribution >= 0.6 is 11.6 Å². The van der Waals surface area contributed by atoms with Crippen molar-refractivity contribution in [2.45, 2.75) is 6.42 Å². The largest absolute Gasteiger partial charge is 0.316 e. The number of aromatic nitrogens is 1. The second kappa shape index (κ2) is 3.62. The lowest BCUT2D eigenvalue weighted by Gasteiger charge is -2.13. The van der Waals surface area contributed by atoms with E-state index in [0.29, 0.717) is 5.92 Å². The average molecular weight is 221 g/mol. The first-order valence-electron chi connectivity index (χ1n) is 5.36. The number of fused-ring (bicyclic) bond motifs is 1. The van der Waals surface area contributed by atoms with E-state index in [4.69, 9.17) is 11.6 Å². The van der Waals surface area contributed by atoms with Gasteiger partial charge in [0, 0.05) is 24.9 Å². The van der Waals surface area contributed by atoms with Crippen LogP contribution in [0.3, 0.4) is 0 Å². The minimum absolute atomic E-state index is 0.672. The molecule has 2 nitrogen and oxygen atoms in total. The molecule has 1 fully saturated rings. The Balaban J connectivity index is 1.94. The highest BCUT2D eigenvalue weighted by molar-refractivity contribution is 6.30. The molecule has 2 aliphatic rings. The van der Waals surface area contributed by atoms with Crippen LogP contribution in [0.1, 0.15) is 12.0 Å². The van der Waals surface area contributed by atoms with E-state index in [2.05, 4.69) is 16.4 Å². The highest BCUT2D eigenvalue weighted by Gasteiger charge is 2.34. The van der Waals surface area contributed by atoms with Crippen LogP contribution in [0, 0.1) is 11.8 Å². The Morgan fingerprint density at radius 2 is 2.27 bits per heavy atom. The van der Waals surface area contributed by atoms with Gasteiger partial charge in [-0.05, 0) is 36.1 Å². The Morgan fingerprint density at radius 1 is 1.33 bits per heavy atom. The summed E-state index contributed by atoms with van der Waals surface area (Å²) in [6, 6.07) is 2.01. The maximum atomic E-state index is 5.96. The normalized spacial score (nSPS) is 29.0. The SMILES string of the molecule is Clc1cncc(C2=CCC3CNCC23)c1. The van der Waals surface area contributed by atoms with Gasteiger partial charge in [-0.15, -0.1) is 0 Å². The van der Waals surface area contributed by atoms with E-state index in [1.807, 2.05) is 12.3 Å².